The summed E-state index contributed by atoms with van der Waals surface area (Å²) in [6, 6.07) is 8.22. The fraction of sp³-hybridized carbons (Fsp3) is 0.423. The first-order valence-electron chi connectivity index (χ1n) is 11.5. The Kier molecular flexibility index (Phi) is 6.88. The molecular weight excluding hydrogens is 400 g/mol. The first-order chi connectivity index (χ1) is 15.5. The number of hydrogen-bond acceptors (Lipinski definition) is 4. The van der Waals surface area contributed by atoms with Gasteiger partial charge in [-0.15, -0.1) is 0 Å². The molecule has 1 aliphatic rings. The van der Waals surface area contributed by atoms with Gasteiger partial charge in [-0.2, -0.15) is 5.10 Å². The molecule has 1 atom stereocenters. The normalized spacial score (nSPS) is 16.2. The Morgan fingerprint density at radius 2 is 2.00 bits per heavy atom. The highest BCUT2D eigenvalue weighted by atomic mass is 16.5. The van der Waals surface area contributed by atoms with E-state index < -0.39 is 0 Å². The summed E-state index contributed by atoms with van der Waals surface area (Å²) < 4.78 is 5.93. The molecule has 0 spiro atoms. The van der Waals surface area contributed by atoms with Crippen molar-refractivity contribution in [1.82, 2.24) is 20.1 Å². The molecule has 0 unspecified atom stereocenters. The smallest absolute Gasteiger partial charge is 0.223 e. The van der Waals surface area contributed by atoms with Crippen LogP contribution in [0.4, 0.5) is 0 Å². The number of rotatable bonds is 7. The number of aromatic nitrogens is 3. The maximum absolute atomic E-state index is 13.2. The average Bonchev–Trinajstić information content (AvgIpc) is 3.27. The number of piperidine rings is 1. The van der Waals surface area contributed by atoms with Crippen molar-refractivity contribution >= 4 is 5.91 Å². The van der Waals surface area contributed by atoms with Gasteiger partial charge in [0.25, 0.3) is 0 Å². The molecule has 32 heavy (non-hydrogen) atoms. The molecule has 2 aromatic heterocycles. The maximum Gasteiger partial charge on any atom is 0.223 e. The second kappa shape index (κ2) is 9.98. The van der Waals surface area contributed by atoms with Gasteiger partial charge < -0.3 is 9.64 Å². The predicted molar refractivity (Wildman–Crippen MR) is 126 cm³/mol. The van der Waals surface area contributed by atoms with E-state index in [-0.39, 0.29) is 11.9 Å². The minimum Gasteiger partial charge on any atom is -0.493 e. The molecule has 3 aromatic rings. The zero-order valence-corrected chi connectivity index (χ0v) is 19.2. The summed E-state index contributed by atoms with van der Waals surface area (Å²) in [7, 11) is 0. The number of pyridine rings is 1. The van der Waals surface area contributed by atoms with Crippen molar-refractivity contribution < 1.29 is 9.53 Å². The van der Waals surface area contributed by atoms with E-state index in [2.05, 4.69) is 48.1 Å². The molecular formula is C26H32N4O2. The van der Waals surface area contributed by atoms with Crippen LogP contribution in [-0.4, -0.2) is 39.1 Å². The van der Waals surface area contributed by atoms with Gasteiger partial charge in [-0.1, -0.05) is 17.7 Å². The molecule has 4 rings (SSSR count). The number of nitrogens with one attached hydrogen (secondary N) is 1. The van der Waals surface area contributed by atoms with Crippen molar-refractivity contribution in [1.29, 1.82) is 0 Å². The van der Waals surface area contributed by atoms with Crippen LogP contribution in [0.2, 0.25) is 0 Å². The highest BCUT2D eigenvalue weighted by molar-refractivity contribution is 5.77. The third-order valence-electron chi connectivity index (χ3n) is 6.26. The molecule has 0 aliphatic carbocycles. The minimum absolute atomic E-state index is 0.0292. The first kappa shape index (κ1) is 22.1. The van der Waals surface area contributed by atoms with Crippen LogP contribution in [0.25, 0.3) is 11.1 Å². The average molecular weight is 433 g/mol. The second-order valence-corrected chi connectivity index (χ2v) is 8.71. The van der Waals surface area contributed by atoms with E-state index in [9.17, 15) is 4.79 Å². The van der Waals surface area contributed by atoms with Crippen LogP contribution >= 0.6 is 0 Å². The van der Waals surface area contributed by atoms with Crippen molar-refractivity contribution in [3.63, 3.8) is 0 Å². The lowest BCUT2D eigenvalue weighted by Gasteiger charge is -2.36. The van der Waals surface area contributed by atoms with Gasteiger partial charge in [0.1, 0.15) is 5.75 Å². The number of aromatic amines is 1. The quantitative estimate of drug-likeness (QED) is 0.514. The SMILES string of the molecule is Cc1ccc(OCCCC(=O)N2CCCC[C@@H]2c2[nH]ncc2-c2ccncc2C)c(C)c1. The molecule has 3 heterocycles. The summed E-state index contributed by atoms with van der Waals surface area (Å²) >= 11 is 0. The number of carbonyl (C=O) groups is 1. The number of benzene rings is 1. The Balaban J connectivity index is 1.41. The lowest BCUT2D eigenvalue weighted by Crippen LogP contribution is -2.39. The van der Waals surface area contributed by atoms with E-state index >= 15 is 0 Å². The van der Waals surface area contributed by atoms with Crippen LogP contribution in [0.5, 0.6) is 5.75 Å². The highest BCUT2D eigenvalue weighted by Crippen LogP contribution is 2.36. The molecule has 1 N–H and O–H groups in total. The monoisotopic (exact) mass is 432 g/mol. The summed E-state index contributed by atoms with van der Waals surface area (Å²) in [6.45, 7) is 7.51. The molecule has 1 aliphatic heterocycles. The third kappa shape index (κ3) is 4.85. The summed E-state index contributed by atoms with van der Waals surface area (Å²) in [4.78, 5) is 19.4. The number of likely N-dealkylation sites (tertiary alicyclic amines) is 1. The number of hydrogen-bond donors (Lipinski definition) is 1. The van der Waals surface area contributed by atoms with Gasteiger partial charge in [-0.3, -0.25) is 14.9 Å². The van der Waals surface area contributed by atoms with Gasteiger partial charge in [-0.05, 0) is 75.3 Å². The molecule has 0 bridgehead atoms. The Labute approximate surface area is 190 Å². The number of nitrogens with zero attached hydrogens (tertiary/aromatic N) is 3. The molecule has 6 nitrogen and oxygen atoms in total. The van der Waals surface area contributed by atoms with Crippen molar-refractivity contribution in [2.75, 3.05) is 13.2 Å². The summed E-state index contributed by atoms with van der Waals surface area (Å²) in [6.07, 6.45) is 9.83. The van der Waals surface area contributed by atoms with Gasteiger partial charge in [0.05, 0.1) is 24.5 Å². The van der Waals surface area contributed by atoms with Crippen molar-refractivity contribution in [2.24, 2.45) is 0 Å². The van der Waals surface area contributed by atoms with E-state index in [1.807, 2.05) is 29.4 Å². The molecule has 1 aromatic carbocycles. The largest absolute Gasteiger partial charge is 0.493 e. The van der Waals surface area contributed by atoms with Crippen LogP contribution in [-0.2, 0) is 4.79 Å². The van der Waals surface area contributed by atoms with Gasteiger partial charge in [0, 0.05) is 30.9 Å². The van der Waals surface area contributed by atoms with Crippen LogP contribution in [0.1, 0.15) is 60.5 Å². The molecule has 6 heteroatoms. The number of ether oxygens (including phenoxy) is 1. The Morgan fingerprint density at radius 1 is 1.12 bits per heavy atom. The molecule has 0 saturated carbocycles. The molecule has 0 radical (unpaired) electrons. The third-order valence-corrected chi connectivity index (χ3v) is 6.26. The van der Waals surface area contributed by atoms with E-state index in [0.717, 1.165) is 59.5 Å². The van der Waals surface area contributed by atoms with Gasteiger partial charge in [0.2, 0.25) is 5.91 Å². The minimum atomic E-state index is 0.0292. The predicted octanol–water partition coefficient (Wildman–Crippen LogP) is 5.31. The number of aryl methyl sites for hydroxylation is 3. The van der Waals surface area contributed by atoms with Gasteiger partial charge in [-0.25, -0.2) is 0 Å². The first-order valence-corrected chi connectivity index (χ1v) is 11.5. The maximum atomic E-state index is 13.2. The lowest BCUT2D eigenvalue weighted by molar-refractivity contribution is -0.135. The van der Waals surface area contributed by atoms with E-state index in [1.54, 1.807) is 6.20 Å². The molecule has 1 fully saturated rings. The number of H-pyrrole nitrogens is 1. The Bertz CT molecular complexity index is 1080. The van der Waals surface area contributed by atoms with Crippen molar-refractivity contribution in [3.05, 3.63) is 65.2 Å². The standard InChI is InChI=1S/C26H32N4O2/c1-18-9-10-24(19(2)15-18)32-14-6-8-25(31)30-13-5-4-7-23(30)26-22(17-28-29-26)21-11-12-27-16-20(21)3/h9-12,15-17,23H,4-8,13-14H2,1-3H3,(H,28,29)/t23-/m1/s1. The fourth-order valence-corrected chi connectivity index (χ4v) is 4.58. The van der Waals surface area contributed by atoms with Crippen LogP contribution in [0, 0.1) is 20.8 Å². The van der Waals surface area contributed by atoms with Crippen molar-refractivity contribution in [3.8, 4) is 16.9 Å². The number of carbonyl (C=O) groups excluding carboxylic acids is 1. The van der Waals surface area contributed by atoms with E-state index in [0.29, 0.717) is 19.4 Å². The summed E-state index contributed by atoms with van der Waals surface area (Å²) in [5.41, 5.74) is 6.66. The second-order valence-electron chi connectivity index (χ2n) is 8.71. The summed E-state index contributed by atoms with van der Waals surface area (Å²) in [5.74, 6) is 1.08. The highest BCUT2D eigenvalue weighted by Gasteiger charge is 2.31. The van der Waals surface area contributed by atoms with Gasteiger partial charge >= 0.3 is 0 Å². The van der Waals surface area contributed by atoms with E-state index in [1.165, 1.54) is 5.56 Å². The van der Waals surface area contributed by atoms with Gasteiger partial charge in [0.15, 0.2) is 0 Å². The Hall–Kier alpha value is -3.15. The zero-order chi connectivity index (χ0) is 22.5. The van der Waals surface area contributed by atoms with E-state index in [4.69, 9.17) is 4.74 Å². The molecule has 1 saturated heterocycles. The fourth-order valence-electron chi connectivity index (χ4n) is 4.58. The molecule has 1 amide bonds. The summed E-state index contributed by atoms with van der Waals surface area (Å²) in [5, 5.41) is 7.53. The van der Waals surface area contributed by atoms with Crippen LogP contribution in [0.15, 0.2) is 42.9 Å². The number of amides is 1. The van der Waals surface area contributed by atoms with Crippen LogP contribution < -0.4 is 4.74 Å². The zero-order valence-electron chi connectivity index (χ0n) is 19.2. The lowest BCUT2D eigenvalue weighted by atomic mass is 9.93. The van der Waals surface area contributed by atoms with Crippen LogP contribution in [0.3, 0.4) is 0 Å². The Morgan fingerprint density at radius 3 is 2.81 bits per heavy atom. The molecule has 168 valence electrons. The van der Waals surface area contributed by atoms with Crippen molar-refractivity contribution in [2.45, 2.75) is 58.9 Å². The topological polar surface area (TPSA) is 71.1 Å².